The van der Waals surface area contributed by atoms with Gasteiger partial charge in [0.05, 0.1) is 25.9 Å². The summed E-state index contributed by atoms with van der Waals surface area (Å²) in [6.45, 7) is 0. The van der Waals surface area contributed by atoms with E-state index in [2.05, 4.69) is 52.9 Å². The number of allylic oxidation sites excluding steroid dienone is 1. The van der Waals surface area contributed by atoms with Crippen molar-refractivity contribution in [2.75, 3.05) is 21.1 Å². The van der Waals surface area contributed by atoms with Crippen LogP contribution in [0, 0.1) is 0 Å². The summed E-state index contributed by atoms with van der Waals surface area (Å²) in [7, 11) is 5.33. The number of aromatic amines is 2. The molecule has 1 saturated carbocycles. The molecule has 2 aliphatic carbocycles. The molecule has 1 aromatic carbocycles. The van der Waals surface area contributed by atoms with Gasteiger partial charge in [0.2, 0.25) is 5.54 Å². The van der Waals surface area contributed by atoms with Crippen LogP contribution in [0.2, 0.25) is 0 Å². The molecule has 2 aromatic heterocycles. The van der Waals surface area contributed by atoms with E-state index in [0.717, 1.165) is 55.1 Å². The van der Waals surface area contributed by atoms with Crippen molar-refractivity contribution in [2.45, 2.75) is 35.8 Å². The number of H-pyrrole nitrogens is 2. The number of aromatic nitrogens is 2. The molecule has 2 spiro atoms. The van der Waals surface area contributed by atoms with E-state index in [-0.39, 0.29) is 17.8 Å². The number of carbonyl (C=O) groups excluding carboxylic acids is 2. The van der Waals surface area contributed by atoms with Gasteiger partial charge >= 0.3 is 11.9 Å². The molecule has 3 aromatic rings. The third-order valence-electron chi connectivity index (χ3n) is 9.38. The van der Waals surface area contributed by atoms with Crippen LogP contribution < -0.4 is 11.5 Å². The Morgan fingerprint density at radius 1 is 1.08 bits per heavy atom. The molecule has 1 fully saturated rings. The summed E-state index contributed by atoms with van der Waals surface area (Å²) in [5, 5.41) is 0.921. The number of rotatable bonds is 2. The first-order valence-electron chi connectivity index (χ1n) is 12.7. The maximum absolute atomic E-state index is 14.5. The molecule has 6 N–H and O–H groups in total. The Hall–Kier alpha value is -3.38. The molecule has 39 heavy (non-hydrogen) atoms. The van der Waals surface area contributed by atoms with Gasteiger partial charge in [0.1, 0.15) is 5.54 Å². The molecule has 12 heteroatoms. The predicted molar refractivity (Wildman–Crippen MR) is 156 cm³/mol. The molecule has 0 bridgehead atoms. The Morgan fingerprint density at radius 2 is 1.79 bits per heavy atom. The molecular weight excluding hydrogens is 628 g/mol. The summed E-state index contributed by atoms with van der Waals surface area (Å²) in [5.74, 6) is -1.29. The van der Waals surface area contributed by atoms with Gasteiger partial charge in [-0.05, 0) is 52.2 Å². The fourth-order valence-electron chi connectivity index (χ4n) is 7.64. The molecule has 7 rings (SSSR count). The number of aliphatic imine (C=N–C) groups is 1. The number of nitrogens with zero attached hydrogens (tertiary/aromatic N) is 4. The zero-order valence-corrected chi connectivity index (χ0v) is 24.7. The van der Waals surface area contributed by atoms with Crippen LogP contribution in [0.15, 0.2) is 44.5 Å². The van der Waals surface area contributed by atoms with Crippen LogP contribution in [0.3, 0.4) is 0 Å². The SMILES string of the molecule is CN1C(=O)[C@]2([C@H](c3c[nH]c4c3CCC(Br)=C4)[C@]3(C(=O)N=C(N)N3C)[C@H]2c2c[nH]c3cc(Br)ccc23)[N+](C)=C1N. The van der Waals surface area contributed by atoms with E-state index >= 15 is 0 Å². The first-order valence-corrected chi connectivity index (χ1v) is 14.2. The molecule has 0 unspecified atom stereocenters. The molecule has 200 valence electrons. The number of fused-ring (bicyclic) bond motifs is 2. The summed E-state index contributed by atoms with van der Waals surface area (Å²) >= 11 is 7.18. The lowest BCUT2D eigenvalue weighted by Gasteiger charge is -2.64. The van der Waals surface area contributed by atoms with Crippen molar-refractivity contribution >= 4 is 72.6 Å². The number of guanidine groups is 2. The minimum Gasteiger partial charge on any atom is -0.369 e. The Kier molecular flexibility index (Phi) is 4.96. The maximum Gasteiger partial charge on any atom is 0.353 e. The van der Waals surface area contributed by atoms with Crippen LogP contribution in [-0.2, 0) is 16.0 Å². The van der Waals surface area contributed by atoms with E-state index in [1.807, 2.05) is 42.2 Å². The van der Waals surface area contributed by atoms with Gasteiger partial charge in [-0.25, -0.2) is 9.48 Å². The lowest BCUT2D eigenvalue weighted by Crippen LogP contribution is -2.82. The molecule has 4 heterocycles. The van der Waals surface area contributed by atoms with Gasteiger partial charge in [0, 0.05) is 40.5 Å². The number of hydrogen-bond donors (Lipinski definition) is 4. The Balaban J connectivity index is 1.58. The quantitative estimate of drug-likeness (QED) is 0.315. The van der Waals surface area contributed by atoms with E-state index in [0.29, 0.717) is 5.96 Å². The van der Waals surface area contributed by atoms with Crippen LogP contribution in [0.4, 0.5) is 0 Å². The van der Waals surface area contributed by atoms with Gasteiger partial charge in [0.15, 0.2) is 5.96 Å². The highest BCUT2D eigenvalue weighted by Crippen LogP contribution is 2.70. The Morgan fingerprint density at radius 3 is 2.46 bits per heavy atom. The van der Waals surface area contributed by atoms with Gasteiger partial charge in [-0.3, -0.25) is 15.3 Å². The second kappa shape index (κ2) is 7.85. The van der Waals surface area contributed by atoms with Crippen molar-refractivity contribution in [3.63, 3.8) is 0 Å². The highest BCUT2D eigenvalue weighted by Gasteiger charge is 2.86. The fraction of sp³-hybridized carbons (Fsp3) is 0.333. The summed E-state index contributed by atoms with van der Waals surface area (Å²) in [5.41, 5.74) is 15.2. The summed E-state index contributed by atoms with van der Waals surface area (Å²) in [4.78, 5) is 43.0. The molecule has 10 nitrogen and oxygen atoms in total. The van der Waals surface area contributed by atoms with E-state index in [9.17, 15) is 9.59 Å². The minimum absolute atomic E-state index is 0.137. The van der Waals surface area contributed by atoms with Crippen LogP contribution in [0.1, 0.15) is 40.6 Å². The van der Waals surface area contributed by atoms with Crippen LogP contribution in [0.5, 0.6) is 0 Å². The second-order valence-corrected chi connectivity index (χ2v) is 12.7. The number of nitrogens with two attached hydrogens (primary N) is 2. The smallest absolute Gasteiger partial charge is 0.353 e. The zero-order chi connectivity index (χ0) is 27.6. The van der Waals surface area contributed by atoms with E-state index in [1.54, 1.807) is 19.0 Å². The highest BCUT2D eigenvalue weighted by molar-refractivity contribution is 9.11. The van der Waals surface area contributed by atoms with Crippen molar-refractivity contribution in [2.24, 2.45) is 16.5 Å². The topological polar surface area (TPSA) is 140 Å². The van der Waals surface area contributed by atoms with E-state index in [4.69, 9.17) is 11.5 Å². The summed E-state index contributed by atoms with van der Waals surface area (Å²) < 4.78 is 3.87. The average molecular weight is 655 g/mol. The highest BCUT2D eigenvalue weighted by atomic mass is 79.9. The van der Waals surface area contributed by atoms with Gasteiger partial charge in [-0.2, -0.15) is 4.99 Å². The van der Waals surface area contributed by atoms with Crippen molar-refractivity contribution in [1.82, 2.24) is 19.8 Å². The monoisotopic (exact) mass is 653 g/mol. The van der Waals surface area contributed by atoms with E-state index in [1.165, 1.54) is 4.90 Å². The van der Waals surface area contributed by atoms with Crippen LogP contribution in [-0.4, -0.2) is 80.3 Å². The van der Waals surface area contributed by atoms with Gasteiger partial charge < -0.3 is 20.6 Å². The third kappa shape index (κ3) is 2.71. The molecular formula is C27H27Br2N8O2+. The zero-order valence-electron chi connectivity index (χ0n) is 21.5. The van der Waals surface area contributed by atoms with Crippen molar-refractivity contribution < 1.29 is 14.2 Å². The molecule has 2 aliphatic heterocycles. The number of benzene rings is 1. The number of amides is 2. The largest absolute Gasteiger partial charge is 0.369 e. The standard InChI is InChI=1S/C27H26Br2N8O2/c1-35-23(39)27(37(3)25(35)31)20(16-10-32-18-8-12(28)4-6-14(16)18)26(22(38)34-24(30)36(26)2)21(27)17-11-33-19-9-13(29)5-7-15(17)19/h4,6,8-11,20-21,31-33H,5,7H2,1-3H3,(H2,30,34,38)/p+1/t20-,21-,26+,27+/m1/s1. The lowest BCUT2D eigenvalue weighted by molar-refractivity contribution is -0.593. The Bertz CT molecular complexity index is 1730. The maximum atomic E-state index is 14.5. The number of hydrogen-bond acceptors (Lipinski definition) is 5. The molecule has 0 saturated heterocycles. The number of nitrogens with one attached hydrogen (secondary N) is 2. The van der Waals surface area contributed by atoms with E-state index < -0.39 is 22.9 Å². The normalized spacial score (nSPS) is 30.1. The average Bonchev–Trinajstić information content (AvgIpc) is 3.59. The minimum atomic E-state index is -1.24. The first-order chi connectivity index (χ1) is 18.6. The number of carbonyl (C=O) groups is 2. The number of likely N-dealkylation sites (N-methyl/N-ethyl adjacent to an activating group) is 3. The second-order valence-electron chi connectivity index (χ2n) is 10.8. The molecule has 4 atom stereocenters. The molecule has 2 amide bonds. The van der Waals surface area contributed by atoms with Gasteiger partial charge in [-0.15, -0.1) is 0 Å². The summed E-state index contributed by atoms with van der Waals surface area (Å²) in [6, 6.07) is 5.94. The van der Waals surface area contributed by atoms with Gasteiger partial charge in [-0.1, -0.05) is 37.9 Å². The summed E-state index contributed by atoms with van der Waals surface area (Å²) in [6.07, 6.45) is 7.49. The predicted octanol–water partition coefficient (Wildman–Crippen LogP) is 2.51. The van der Waals surface area contributed by atoms with Crippen molar-refractivity contribution in [3.05, 3.63) is 61.9 Å². The van der Waals surface area contributed by atoms with Crippen LogP contribution in [0.25, 0.3) is 17.0 Å². The lowest BCUT2D eigenvalue weighted by atomic mass is 9.42. The Labute approximate surface area is 241 Å². The fourth-order valence-corrected chi connectivity index (χ4v) is 8.43. The number of halogens is 2. The van der Waals surface area contributed by atoms with Crippen LogP contribution >= 0.6 is 31.9 Å². The van der Waals surface area contributed by atoms with Crippen molar-refractivity contribution in [1.29, 1.82) is 0 Å². The first kappa shape index (κ1) is 24.6. The molecule has 4 aliphatic rings. The third-order valence-corrected chi connectivity index (χ3v) is 10.5. The van der Waals surface area contributed by atoms with Gasteiger partial charge in [0.25, 0.3) is 5.91 Å². The van der Waals surface area contributed by atoms with Crippen molar-refractivity contribution in [3.8, 4) is 0 Å². The molecule has 0 radical (unpaired) electrons.